The predicted octanol–water partition coefficient (Wildman–Crippen LogP) is 3.86. The summed E-state index contributed by atoms with van der Waals surface area (Å²) in [6.45, 7) is 0.177. The first-order valence-electron chi connectivity index (χ1n) is 8.91. The van der Waals surface area contributed by atoms with Gasteiger partial charge in [-0.25, -0.2) is 9.37 Å². The number of hydrogen-bond acceptors (Lipinski definition) is 4. The summed E-state index contributed by atoms with van der Waals surface area (Å²) in [5.74, 6) is -0.712. The monoisotopic (exact) mass is 423 g/mol. The number of halogens is 2. The first kappa shape index (κ1) is 19.6. The normalized spacial score (nSPS) is 10.9. The number of nitrogens with two attached hydrogens (primary N) is 1. The second-order valence-electron chi connectivity index (χ2n) is 6.54. The zero-order valence-electron chi connectivity index (χ0n) is 15.5. The predicted molar refractivity (Wildman–Crippen MR) is 112 cm³/mol. The van der Waals surface area contributed by atoms with Gasteiger partial charge in [0.25, 0.3) is 5.91 Å². The molecule has 2 heterocycles. The highest BCUT2D eigenvalue weighted by Crippen LogP contribution is 2.21. The molecule has 150 valence electrons. The Morgan fingerprint density at radius 1 is 1.13 bits per heavy atom. The van der Waals surface area contributed by atoms with E-state index in [-0.39, 0.29) is 12.2 Å². The Morgan fingerprint density at radius 2 is 1.90 bits per heavy atom. The molecular formula is C22H15ClFN3O3. The molecule has 0 unspecified atom stereocenters. The van der Waals surface area contributed by atoms with Gasteiger partial charge >= 0.3 is 0 Å². The van der Waals surface area contributed by atoms with Gasteiger partial charge in [-0.2, -0.15) is 0 Å². The van der Waals surface area contributed by atoms with E-state index in [4.69, 9.17) is 22.1 Å². The van der Waals surface area contributed by atoms with Crippen LogP contribution in [0.3, 0.4) is 0 Å². The van der Waals surface area contributed by atoms with E-state index < -0.39 is 17.2 Å². The van der Waals surface area contributed by atoms with Crippen LogP contribution in [0, 0.1) is 5.82 Å². The van der Waals surface area contributed by atoms with Gasteiger partial charge in [-0.15, -0.1) is 0 Å². The van der Waals surface area contributed by atoms with Gasteiger partial charge in [-0.3, -0.25) is 9.59 Å². The number of pyridine rings is 2. The molecule has 8 heteroatoms. The molecule has 0 radical (unpaired) electrons. The van der Waals surface area contributed by atoms with Gasteiger partial charge in [0, 0.05) is 17.3 Å². The molecule has 0 aliphatic carbocycles. The number of ether oxygens (including phenoxy) is 1. The van der Waals surface area contributed by atoms with Crippen LogP contribution in [-0.4, -0.2) is 15.5 Å². The van der Waals surface area contributed by atoms with Crippen LogP contribution in [0.4, 0.5) is 4.39 Å². The average molecular weight is 424 g/mol. The molecule has 0 saturated heterocycles. The number of rotatable bonds is 5. The lowest BCUT2D eigenvalue weighted by Crippen LogP contribution is -2.24. The van der Waals surface area contributed by atoms with E-state index in [1.807, 2.05) is 0 Å². The van der Waals surface area contributed by atoms with E-state index in [0.29, 0.717) is 33.1 Å². The molecule has 0 saturated carbocycles. The summed E-state index contributed by atoms with van der Waals surface area (Å²) in [5.41, 5.74) is 6.61. The molecule has 2 aromatic heterocycles. The molecule has 4 aromatic rings. The molecule has 2 N–H and O–H groups in total. The number of nitrogens with zero attached hydrogens (tertiary/aromatic N) is 2. The smallest absolute Gasteiger partial charge is 0.254 e. The molecule has 30 heavy (non-hydrogen) atoms. The molecule has 0 atom stereocenters. The van der Waals surface area contributed by atoms with Crippen molar-refractivity contribution in [2.24, 2.45) is 5.73 Å². The molecular weight excluding hydrogens is 409 g/mol. The van der Waals surface area contributed by atoms with Crippen LogP contribution < -0.4 is 15.9 Å². The second-order valence-corrected chi connectivity index (χ2v) is 6.93. The Hall–Kier alpha value is -3.71. The highest BCUT2D eigenvalue weighted by Gasteiger charge is 2.15. The van der Waals surface area contributed by atoms with E-state index in [1.54, 1.807) is 47.0 Å². The SMILES string of the molecule is NC(=O)c1cn(-c2ccc(F)cc2)c2ccc(COc3ccc(Cl)nc3)cc2c1=O. The standard InChI is InChI=1S/C22H15ClFN3O3/c23-20-8-6-16(10-26-20)30-12-13-1-7-19-17(9-13)21(28)18(22(25)29)11-27(19)15-4-2-14(24)3-5-15/h1-11H,12H2,(H2,25,29). The summed E-state index contributed by atoms with van der Waals surface area (Å²) in [7, 11) is 0. The average Bonchev–Trinajstić information content (AvgIpc) is 2.74. The van der Waals surface area contributed by atoms with Crippen LogP contribution >= 0.6 is 11.6 Å². The van der Waals surface area contributed by atoms with Crippen molar-refractivity contribution < 1.29 is 13.9 Å². The quantitative estimate of drug-likeness (QED) is 0.494. The number of primary amides is 1. The third-order valence-corrected chi connectivity index (χ3v) is 4.77. The third kappa shape index (κ3) is 3.88. The Morgan fingerprint density at radius 3 is 2.57 bits per heavy atom. The molecule has 0 bridgehead atoms. The molecule has 0 aliphatic rings. The van der Waals surface area contributed by atoms with Gasteiger partial charge in [-0.05, 0) is 54.1 Å². The van der Waals surface area contributed by atoms with Crippen molar-refractivity contribution in [1.29, 1.82) is 0 Å². The fourth-order valence-corrected chi connectivity index (χ4v) is 3.18. The molecule has 6 nitrogen and oxygen atoms in total. The summed E-state index contributed by atoms with van der Waals surface area (Å²) in [5, 5.41) is 0.652. The lowest BCUT2D eigenvalue weighted by molar-refractivity contribution is 0.0999. The van der Waals surface area contributed by atoms with Crippen molar-refractivity contribution >= 4 is 28.4 Å². The Balaban J connectivity index is 1.79. The van der Waals surface area contributed by atoms with Crippen molar-refractivity contribution in [2.75, 3.05) is 0 Å². The van der Waals surface area contributed by atoms with Gasteiger partial charge in [-0.1, -0.05) is 17.7 Å². The second kappa shape index (κ2) is 7.96. The summed E-state index contributed by atoms with van der Waals surface area (Å²) in [6.07, 6.45) is 2.87. The number of benzene rings is 2. The number of carbonyl (C=O) groups excluding carboxylic acids is 1. The molecule has 4 rings (SSSR count). The van der Waals surface area contributed by atoms with Crippen LogP contribution in [0.1, 0.15) is 15.9 Å². The minimum Gasteiger partial charge on any atom is -0.487 e. The van der Waals surface area contributed by atoms with Crippen molar-refractivity contribution in [3.63, 3.8) is 0 Å². The largest absolute Gasteiger partial charge is 0.487 e. The van der Waals surface area contributed by atoms with E-state index in [1.165, 1.54) is 24.5 Å². The van der Waals surface area contributed by atoms with Gasteiger partial charge < -0.3 is 15.0 Å². The van der Waals surface area contributed by atoms with Crippen molar-refractivity contribution in [1.82, 2.24) is 9.55 Å². The molecule has 2 aromatic carbocycles. The van der Waals surface area contributed by atoms with Crippen molar-refractivity contribution in [3.05, 3.63) is 99.3 Å². The first-order valence-corrected chi connectivity index (χ1v) is 9.28. The third-order valence-electron chi connectivity index (χ3n) is 4.54. The Bertz CT molecular complexity index is 1300. The maximum atomic E-state index is 13.3. The van der Waals surface area contributed by atoms with Crippen LogP contribution in [-0.2, 0) is 6.61 Å². The lowest BCUT2D eigenvalue weighted by Gasteiger charge is -2.14. The van der Waals surface area contributed by atoms with Crippen LogP contribution in [0.15, 0.2) is 71.8 Å². The Kier molecular flexibility index (Phi) is 5.20. The topological polar surface area (TPSA) is 87.2 Å². The van der Waals surface area contributed by atoms with Crippen LogP contribution in [0.25, 0.3) is 16.6 Å². The summed E-state index contributed by atoms with van der Waals surface area (Å²) in [6, 6.07) is 14.2. The maximum Gasteiger partial charge on any atom is 0.254 e. The maximum absolute atomic E-state index is 13.3. The lowest BCUT2D eigenvalue weighted by atomic mass is 10.1. The zero-order chi connectivity index (χ0) is 21.3. The molecule has 0 spiro atoms. The van der Waals surface area contributed by atoms with E-state index in [9.17, 15) is 14.0 Å². The van der Waals surface area contributed by atoms with E-state index in [2.05, 4.69) is 4.98 Å². The zero-order valence-corrected chi connectivity index (χ0v) is 16.3. The van der Waals surface area contributed by atoms with E-state index >= 15 is 0 Å². The molecule has 1 amide bonds. The first-order chi connectivity index (χ1) is 14.4. The number of hydrogen-bond donors (Lipinski definition) is 1. The van der Waals surface area contributed by atoms with Gasteiger partial charge in [0.2, 0.25) is 5.43 Å². The molecule has 0 aliphatic heterocycles. The number of aromatic nitrogens is 2. The highest BCUT2D eigenvalue weighted by atomic mass is 35.5. The summed E-state index contributed by atoms with van der Waals surface area (Å²) < 4.78 is 20.6. The Labute approximate surface area is 175 Å². The van der Waals surface area contributed by atoms with Crippen molar-refractivity contribution in [2.45, 2.75) is 6.61 Å². The number of amides is 1. The van der Waals surface area contributed by atoms with Crippen molar-refractivity contribution in [3.8, 4) is 11.4 Å². The number of fused-ring (bicyclic) bond motifs is 1. The number of carbonyl (C=O) groups is 1. The fraction of sp³-hybridized carbons (Fsp3) is 0.0455. The summed E-state index contributed by atoms with van der Waals surface area (Å²) in [4.78, 5) is 28.6. The fourth-order valence-electron chi connectivity index (χ4n) is 3.07. The van der Waals surface area contributed by atoms with Gasteiger partial charge in [0.1, 0.15) is 28.9 Å². The summed E-state index contributed by atoms with van der Waals surface area (Å²) >= 11 is 5.76. The van der Waals surface area contributed by atoms with Gasteiger partial charge in [0.15, 0.2) is 0 Å². The van der Waals surface area contributed by atoms with Gasteiger partial charge in [0.05, 0.1) is 11.7 Å². The van der Waals surface area contributed by atoms with Crippen LogP contribution in [0.2, 0.25) is 5.15 Å². The minimum absolute atomic E-state index is 0.160. The molecule has 0 fully saturated rings. The highest BCUT2D eigenvalue weighted by molar-refractivity contribution is 6.29. The van der Waals surface area contributed by atoms with Crippen LogP contribution in [0.5, 0.6) is 5.75 Å². The minimum atomic E-state index is -0.841. The van der Waals surface area contributed by atoms with E-state index in [0.717, 1.165) is 0 Å².